The summed E-state index contributed by atoms with van der Waals surface area (Å²) in [6, 6.07) is 6.47. The van der Waals surface area contributed by atoms with E-state index in [1.807, 2.05) is 6.08 Å². The van der Waals surface area contributed by atoms with Crippen LogP contribution in [0.3, 0.4) is 0 Å². The van der Waals surface area contributed by atoms with Gasteiger partial charge in [0, 0.05) is 6.04 Å². The molecule has 0 spiro atoms. The van der Waals surface area contributed by atoms with Crippen molar-refractivity contribution in [3.63, 3.8) is 0 Å². The summed E-state index contributed by atoms with van der Waals surface area (Å²) in [6.45, 7) is 7.96. The van der Waals surface area contributed by atoms with E-state index in [0.717, 1.165) is 12.8 Å². The summed E-state index contributed by atoms with van der Waals surface area (Å²) in [5.74, 6) is 0. The lowest BCUT2D eigenvalue weighted by molar-refractivity contribution is 0.654. The number of benzene rings is 1. The maximum Gasteiger partial charge on any atom is 0.0303 e. The van der Waals surface area contributed by atoms with E-state index >= 15 is 0 Å². The third-order valence-electron chi connectivity index (χ3n) is 2.59. The molecule has 1 atom stereocenters. The number of halogens is 1. The molecule has 0 aliphatic rings. The van der Waals surface area contributed by atoms with E-state index in [9.17, 15) is 0 Å². The predicted molar refractivity (Wildman–Crippen MR) is 69.5 cm³/mol. The molecule has 0 aromatic heterocycles. The molecule has 0 fully saturated rings. The summed E-state index contributed by atoms with van der Waals surface area (Å²) < 4.78 is 0. The lowest BCUT2D eigenvalue weighted by Crippen LogP contribution is -2.12. The molecule has 0 radical (unpaired) electrons. The average molecular weight is 226 g/mol. The van der Waals surface area contributed by atoms with E-state index in [-0.39, 0.29) is 18.4 Å². The highest BCUT2D eigenvalue weighted by Crippen LogP contribution is 2.23. The molecule has 0 unspecified atom stereocenters. The standard InChI is InChI=1S/C13H19N.ClH/c1-4-5-9-12(14)13-10(2)7-6-8-11(13)3;/h4,6-8,12H,1,5,9,14H2,2-3H3;1H/t12-;/m0./s1. The van der Waals surface area contributed by atoms with Crippen LogP contribution in [0.15, 0.2) is 30.9 Å². The van der Waals surface area contributed by atoms with Gasteiger partial charge in [-0.1, -0.05) is 24.3 Å². The summed E-state index contributed by atoms with van der Waals surface area (Å²) in [4.78, 5) is 0. The van der Waals surface area contributed by atoms with Crippen molar-refractivity contribution >= 4 is 12.4 Å². The fraction of sp³-hybridized carbons (Fsp3) is 0.385. The second-order valence-electron chi connectivity index (χ2n) is 3.78. The van der Waals surface area contributed by atoms with Crippen molar-refractivity contribution in [2.45, 2.75) is 32.7 Å². The van der Waals surface area contributed by atoms with Crippen LogP contribution in [0.5, 0.6) is 0 Å². The van der Waals surface area contributed by atoms with Gasteiger partial charge in [0.2, 0.25) is 0 Å². The number of hydrogen-bond acceptors (Lipinski definition) is 1. The summed E-state index contributed by atoms with van der Waals surface area (Å²) in [6.07, 6.45) is 3.89. The van der Waals surface area contributed by atoms with Crippen LogP contribution < -0.4 is 5.73 Å². The highest BCUT2D eigenvalue weighted by atomic mass is 35.5. The molecular formula is C13H20ClN. The summed E-state index contributed by atoms with van der Waals surface area (Å²) in [5, 5.41) is 0. The van der Waals surface area contributed by atoms with Crippen molar-refractivity contribution in [1.82, 2.24) is 0 Å². The Bertz CT molecular complexity index is 300. The van der Waals surface area contributed by atoms with Crippen molar-refractivity contribution < 1.29 is 0 Å². The Hall–Kier alpha value is -0.790. The molecule has 0 aliphatic heterocycles. The zero-order valence-electron chi connectivity index (χ0n) is 9.49. The van der Waals surface area contributed by atoms with Crippen LogP contribution in [0.2, 0.25) is 0 Å². The Labute approximate surface area is 98.8 Å². The van der Waals surface area contributed by atoms with E-state index in [1.165, 1.54) is 16.7 Å². The van der Waals surface area contributed by atoms with Gasteiger partial charge in [0.05, 0.1) is 0 Å². The second-order valence-corrected chi connectivity index (χ2v) is 3.78. The van der Waals surface area contributed by atoms with Crippen LogP contribution in [-0.2, 0) is 0 Å². The van der Waals surface area contributed by atoms with Gasteiger partial charge in [0.25, 0.3) is 0 Å². The Balaban J connectivity index is 0.00000196. The van der Waals surface area contributed by atoms with E-state index in [4.69, 9.17) is 5.73 Å². The first-order valence-electron chi connectivity index (χ1n) is 5.09. The smallest absolute Gasteiger partial charge is 0.0303 e. The molecule has 2 N–H and O–H groups in total. The molecule has 1 nitrogen and oxygen atoms in total. The van der Waals surface area contributed by atoms with Gasteiger partial charge in [-0.15, -0.1) is 19.0 Å². The van der Waals surface area contributed by atoms with Crippen molar-refractivity contribution in [3.8, 4) is 0 Å². The van der Waals surface area contributed by atoms with Crippen molar-refractivity contribution in [2.24, 2.45) is 5.73 Å². The monoisotopic (exact) mass is 225 g/mol. The minimum Gasteiger partial charge on any atom is -0.324 e. The number of nitrogens with two attached hydrogens (primary N) is 1. The summed E-state index contributed by atoms with van der Waals surface area (Å²) >= 11 is 0. The van der Waals surface area contributed by atoms with Crippen LogP contribution >= 0.6 is 12.4 Å². The molecule has 0 heterocycles. The fourth-order valence-electron chi connectivity index (χ4n) is 1.85. The molecule has 1 aromatic rings. The van der Waals surface area contributed by atoms with Crippen LogP contribution in [0, 0.1) is 13.8 Å². The molecule has 0 saturated heterocycles. The first kappa shape index (κ1) is 14.2. The maximum absolute atomic E-state index is 6.13. The molecule has 1 aromatic carbocycles. The quantitative estimate of drug-likeness (QED) is 0.778. The topological polar surface area (TPSA) is 26.0 Å². The molecule has 0 aliphatic carbocycles. The third-order valence-corrected chi connectivity index (χ3v) is 2.59. The molecule has 2 heteroatoms. The summed E-state index contributed by atoms with van der Waals surface area (Å²) in [5.41, 5.74) is 10.0. The number of hydrogen-bond donors (Lipinski definition) is 1. The van der Waals surface area contributed by atoms with Gasteiger partial charge in [-0.25, -0.2) is 0 Å². The predicted octanol–water partition coefficient (Wildman–Crippen LogP) is 3.69. The van der Waals surface area contributed by atoms with Gasteiger partial charge in [-0.3, -0.25) is 0 Å². The van der Waals surface area contributed by atoms with Gasteiger partial charge in [-0.05, 0) is 43.4 Å². The third kappa shape index (κ3) is 3.69. The molecule has 0 saturated carbocycles. The number of allylic oxidation sites excluding steroid dienone is 1. The molecule has 1 rings (SSSR count). The van der Waals surface area contributed by atoms with E-state index in [2.05, 4.69) is 38.6 Å². The summed E-state index contributed by atoms with van der Waals surface area (Å²) in [7, 11) is 0. The van der Waals surface area contributed by atoms with Gasteiger partial charge >= 0.3 is 0 Å². The lowest BCUT2D eigenvalue weighted by atomic mass is 9.94. The minimum absolute atomic E-state index is 0. The molecule has 15 heavy (non-hydrogen) atoms. The Morgan fingerprint density at radius 3 is 2.33 bits per heavy atom. The molecular weight excluding hydrogens is 206 g/mol. The largest absolute Gasteiger partial charge is 0.324 e. The maximum atomic E-state index is 6.13. The average Bonchev–Trinajstić information content (AvgIpc) is 2.14. The zero-order valence-corrected chi connectivity index (χ0v) is 10.3. The molecule has 0 bridgehead atoms. The minimum atomic E-state index is 0. The fourth-order valence-corrected chi connectivity index (χ4v) is 1.85. The Morgan fingerprint density at radius 2 is 1.87 bits per heavy atom. The normalized spacial score (nSPS) is 11.7. The second kappa shape index (κ2) is 6.65. The van der Waals surface area contributed by atoms with E-state index in [0.29, 0.717) is 0 Å². The van der Waals surface area contributed by atoms with Gasteiger partial charge < -0.3 is 5.73 Å². The zero-order chi connectivity index (χ0) is 10.6. The first-order valence-corrected chi connectivity index (χ1v) is 5.09. The van der Waals surface area contributed by atoms with E-state index in [1.54, 1.807) is 0 Å². The Kier molecular flexibility index (Phi) is 6.30. The van der Waals surface area contributed by atoms with Crippen LogP contribution in [0.25, 0.3) is 0 Å². The number of aryl methyl sites for hydroxylation is 2. The van der Waals surface area contributed by atoms with Gasteiger partial charge in [0.15, 0.2) is 0 Å². The van der Waals surface area contributed by atoms with Crippen molar-refractivity contribution in [3.05, 3.63) is 47.5 Å². The Morgan fingerprint density at radius 1 is 1.33 bits per heavy atom. The van der Waals surface area contributed by atoms with Crippen LogP contribution in [0.1, 0.15) is 35.6 Å². The van der Waals surface area contributed by atoms with Gasteiger partial charge in [-0.2, -0.15) is 0 Å². The highest BCUT2D eigenvalue weighted by molar-refractivity contribution is 5.85. The van der Waals surface area contributed by atoms with Crippen molar-refractivity contribution in [2.75, 3.05) is 0 Å². The highest BCUT2D eigenvalue weighted by Gasteiger charge is 2.10. The number of rotatable bonds is 4. The first-order chi connectivity index (χ1) is 6.66. The SMILES string of the molecule is C=CCC[C@H](N)c1c(C)cccc1C.Cl. The van der Waals surface area contributed by atoms with Crippen molar-refractivity contribution in [1.29, 1.82) is 0 Å². The molecule has 84 valence electrons. The van der Waals surface area contributed by atoms with E-state index < -0.39 is 0 Å². The van der Waals surface area contributed by atoms with Gasteiger partial charge in [0.1, 0.15) is 0 Å². The van der Waals surface area contributed by atoms with Crippen LogP contribution in [0.4, 0.5) is 0 Å². The van der Waals surface area contributed by atoms with Crippen LogP contribution in [-0.4, -0.2) is 0 Å². The molecule has 0 amide bonds. The lowest BCUT2D eigenvalue weighted by Gasteiger charge is -2.16.